The maximum atomic E-state index is 13.0. The van der Waals surface area contributed by atoms with Crippen LogP contribution in [0, 0.1) is 0 Å². The SMILES string of the molecule is C=C(F)C(=O)N1CC=C(c2nccnc2Oc2ccc(C(F)(F)F)nc2)CC1. The maximum Gasteiger partial charge on any atom is 0.433 e. The van der Waals surface area contributed by atoms with E-state index < -0.39 is 23.6 Å². The Morgan fingerprint density at radius 2 is 1.93 bits per heavy atom. The molecule has 0 bridgehead atoms. The second-order valence-corrected chi connectivity index (χ2v) is 5.82. The molecule has 0 aliphatic carbocycles. The van der Waals surface area contributed by atoms with Crippen LogP contribution < -0.4 is 4.74 Å². The van der Waals surface area contributed by atoms with E-state index in [2.05, 4.69) is 21.5 Å². The summed E-state index contributed by atoms with van der Waals surface area (Å²) < 4.78 is 56.3. The molecule has 0 N–H and O–H groups in total. The van der Waals surface area contributed by atoms with Crippen LogP contribution in [0.2, 0.25) is 0 Å². The highest BCUT2D eigenvalue weighted by molar-refractivity contribution is 5.91. The van der Waals surface area contributed by atoms with Gasteiger partial charge in [-0.05, 0) is 24.1 Å². The average molecular weight is 394 g/mol. The molecule has 1 amide bonds. The van der Waals surface area contributed by atoms with Gasteiger partial charge >= 0.3 is 6.18 Å². The summed E-state index contributed by atoms with van der Waals surface area (Å²) in [5.41, 5.74) is 0.0680. The summed E-state index contributed by atoms with van der Waals surface area (Å²) in [5.74, 6) is -1.65. The Hall–Kier alpha value is -3.30. The van der Waals surface area contributed by atoms with Crippen molar-refractivity contribution in [3.63, 3.8) is 0 Å². The van der Waals surface area contributed by atoms with Crippen molar-refractivity contribution in [1.82, 2.24) is 19.9 Å². The van der Waals surface area contributed by atoms with Gasteiger partial charge < -0.3 is 9.64 Å². The third kappa shape index (κ3) is 4.33. The van der Waals surface area contributed by atoms with Gasteiger partial charge in [0.05, 0.1) is 6.20 Å². The summed E-state index contributed by atoms with van der Waals surface area (Å²) >= 11 is 0. The Labute approximate surface area is 157 Å². The molecule has 28 heavy (non-hydrogen) atoms. The predicted molar refractivity (Wildman–Crippen MR) is 90.8 cm³/mol. The van der Waals surface area contributed by atoms with E-state index in [0.717, 1.165) is 23.9 Å². The summed E-state index contributed by atoms with van der Waals surface area (Å²) in [6.07, 6.45) is 1.28. The van der Waals surface area contributed by atoms with Gasteiger partial charge in [0.15, 0.2) is 5.83 Å². The first-order valence-corrected chi connectivity index (χ1v) is 8.11. The Kier molecular flexibility index (Phi) is 5.39. The van der Waals surface area contributed by atoms with Crippen LogP contribution in [-0.4, -0.2) is 38.8 Å². The number of nitrogens with zero attached hydrogens (tertiary/aromatic N) is 4. The Morgan fingerprint density at radius 1 is 1.18 bits per heavy atom. The van der Waals surface area contributed by atoms with E-state index in [4.69, 9.17) is 4.74 Å². The van der Waals surface area contributed by atoms with Gasteiger partial charge in [-0.2, -0.15) is 13.2 Å². The molecule has 0 unspecified atom stereocenters. The minimum atomic E-state index is -4.54. The molecule has 0 saturated heterocycles. The molecule has 3 rings (SSSR count). The van der Waals surface area contributed by atoms with Crippen LogP contribution in [-0.2, 0) is 11.0 Å². The summed E-state index contributed by atoms with van der Waals surface area (Å²) in [7, 11) is 0. The van der Waals surface area contributed by atoms with Crippen molar-refractivity contribution in [3.05, 3.63) is 60.6 Å². The predicted octanol–water partition coefficient (Wildman–Crippen LogP) is 3.78. The molecule has 10 heteroatoms. The average Bonchev–Trinajstić information content (AvgIpc) is 2.68. The van der Waals surface area contributed by atoms with Crippen molar-refractivity contribution in [3.8, 4) is 11.6 Å². The second-order valence-electron chi connectivity index (χ2n) is 5.82. The van der Waals surface area contributed by atoms with Gasteiger partial charge in [-0.1, -0.05) is 12.7 Å². The number of ether oxygens (including phenoxy) is 1. The van der Waals surface area contributed by atoms with Gasteiger partial charge in [-0.25, -0.2) is 19.3 Å². The Bertz CT molecular complexity index is 926. The number of carbonyl (C=O) groups excluding carboxylic acids is 1. The van der Waals surface area contributed by atoms with Gasteiger partial charge in [0.1, 0.15) is 17.1 Å². The van der Waals surface area contributed by atoms with Gasteiger partial charge in [0, 0.05) is 25.5 Å². The molecule has 0 saturated carbocycles. The Morgan fingerprint density at radius 3 is 2.50 bits per heavy atom. The zero-order valence-corrected chi connectivity index (χ0v) is 14.4. The van der Waals surface area contributed by atoms with E-state index in [9.17, 15) is 22.4 Å². The van der Waals surface area contributed by atoms with Crippen molar-refractivity contribution in [2.24, 2.45) is 0 Å². The largest absolute Gasteiger partial charge is 0.435 e. The fraction of sp³-hybridized carbons (Fsp3) is 0.222. The number of hydrogen-bond acceptors (Lipinski definition) is 5. The van der Waals surface area contributed by atoms with E-state index in [1.165, 1.54) is 17.3 Å². The third-order valence-electron chi connectivity index (χ3n) is 3.94. The van der Waals surface area contributed by atoms with Crippen LogP contribution in [0.15, 0.2) is 49.2 Å². The van der Waals surface area contributed by atoms with E-state index in [1.54, 1.807) is 6.08 Å². The first kappa shape index (κ1) is 19.5. The fourth-order valence-corrected chi connectivity index (χ4v) is 2.58. The molecule has 3 heterocycles. The number of rotatable bonds is 4. The lowest BCUT2D eigenvalue weighted by Crippen LogP contribution is -2.34. The van der Waals surface area contributed by atoms with Gasteiger partial charge in [0.25, 0.3) is 5.91 Å². The van der Waals surface area contributed by atoms with Gasteiger partial charge in [0.2, 0.25) is 5.88 Å². The number of alkyl halides is 3. The van der Waals surface area contributed by atoms with Crippen molar-refractivity contribution in [2.75, 3.05) is 13.1 Å². The monoisotopic (exact) mass is 394 g/mol. The lowest BCUT2D eigenvalue weighted by Gasteiger charge is -2.25. The summed E-state index contributed by atoms with van der Waals surface area (Å²) in [5, 5.41) is 0. The van der Waals surface area contributed by atoms with Crippen LogP contribution in [0.4, 0.5) is 17.6 Å². The van der Waals surface area contributed by atoms with E-state index >= 15 is 0 Å². The zero-order valence-electron chi connectivity index (χ0n) is 14.4. The highest BCUT2D eigenvalue weighted by Gasteiger charge is 2.32. The molecular formula is C18H14F4N4O2. The first-order valence-electron chi connectivity index (χ1n) is 8.11. The van der Waals surface area contributed by atoms with Gasteiger partial charge in [-0.3, -0.25) is 4.79 Å². The normalized spacial score (nSPS) is 14.4. The van der Waals surface area contributed by atoms with Crippen molar-refractivity contribution >= 4 is 11.5 Å². The molecule has 146 valence electrons. The lowest BCUT2D eigenvalue weighted by atomic mass is 10.0. The Balaban J connectivity index is 1.79. The number of pyridine rings is 1. The first-order chi connectivity index (χ1) is 13.3. The van der Waals surface area contributed by atoms with E-state index in [1.807, 2.05) is 0 Å². The van der Waals surface area contributed by atoms with Crippen LogP contribution >= 0.6 is 0 Å². The minimum absolute atomic E-state index is 0.0664. The third-order valence-corrected chi connectivity index (χ3v) is 3.94. The van der Waals surface area contributed by atoms with Crippen molar-refractivity contribution < 1.29 is 27.1 Å². The van der Waals surface area contributed by atoms with E-state index in [0.29, 0.717) is 12.1 Å². The molecule has 0 spiro atoms. The zero-order chi connectivity index (χ0) is 20.3. The number of halogens is 4. The minimum Gasteiger partial charge on any atom is -0.435 e. The topological polar surface area (TPSA) is 68.2 Å². The van der Waals surface area contributed by atoms with Crippen molar-refractivity contribution in [1.29, 1.82) is 0 Å². The summed E-state index contributed by atoms with van der Waals surface area (Å²) in [6.45, 7) is 3.41. The number of amides is 1. The lowest BCUT2D eigenvalue weighted by molar-refractivity contribution is -0.141. The molecule has 0 atom stereocenters. The summed E-state index contributed by atoms with van der Waals surface area (Å²) in [6, 6.07) is 1.94. The van der Waals surface area contributed by atoms with Crippen LogP contribution in [0.3, 0.4) is 0 Å². The second kappa shape index (κ2) is 7.75. The molecule has 1 aliphatic rings. The molecule has 2 aromatic heterocycles. The molecule has 0 aromatic carbocycles. The number of carbonyl (C=O) groups is 1. The summed E-state index contributed by atoms with van der Waals surface area (Å²) in [4.78, 5) is 24.5. The van der Waals surface area contributed by atoms with Crippen LogP contribution in [0.25, 0.3) is 5.57 Å². The molecular weight excluding hydrogens is 380 g/mol. The fourth-order valence-electron chi connectivity index (χ4n) is 2.58. The highest BCUT2D eigenvalue weighted by Crippen LogP contribution is 2.32. The molecule has 1 aliphatic heterocycles. The highest BCUT2D eigenvalue weighted by atomic mass is 19.4. The smallest absolute Gasteiger partial charge is 0.433 e. The van der Waals surface area contributed by atoms with Crippen LogP contribution in [0.1, 0.15) is 17.8 Å². The van der Waals surface area contributed by atoms with Crippen molar-refractivity contribution in [2.45, 2.75) is 12.6 Å². The molecule has 0 radical (unpaired) electrons. The van der Waals surface area contributed by atoms with Crippen LogP contribution in [0.5, 0.6) is 11.6 Å². The molecule has 6 nitrogen and oxygen atoms in total. The quantitative estimate of drug-likeness (QED) is 0.583. The number of hydrogen-bond donors (Lipinski definition) is 0. The van der Waals surface area contributed by atoms with Gasteiger partial charge in [-0.15, -0.1) is 0 Å². The standard InChI is InChI=1S/C18H14F4N4O2/c1-11(19)17(27)26-8-4-12(5-9-26)15-16(24-7-6-23-15)28-13-2-3-14(25-10-13)18(20,21)22/h2-4,6-7,10H,1,5,8-9H2. The maximum absolute atomic E-state index is 13.0. The molecule has 2 aromatic rings. The van der Waals surface area contributed by atoms with E-state index in [-0.39, 0.29) is 24.7 Å². The number of aromatic nitrogens is 3. The molecule has 0 fully saturated rings.